The van der Waals surface area contributed by atoms with Crippen LogP contribution in [0.5, 0.6) is 0 Å². The van der Waals surface area contributed by atoms with Gasteiger partial charge in [0.15, 0.2) is 5.01 Å². The summed E-state index contributed by atoms with van der Waals surface area (Å²) in [6, 6.07) is 5.33. The highest BCUT2D eigenvalue weighted by molar-refractivity contribution is 7.14. The maximum atomic E-state index is 6.04. The van der Waals surface area contributed by atoms with E-state index in [1.165, 1.54) is 11.3 Å². The van der Waals surface area contributed by atoms with Crippen molar-refractivity contribution in [1.82, 2.24) is 10.2 Å². The molecule has 0 radical (unpaired) electrons. The molecule has 0 spiro atoms. The van der Waals surface area contributed by atoms with Crippen LogP contribution in [0.3, 0.4) is 0 Å². The molecule has 1 heterocycles. The van der Waals surface area contributed by atoms with Crippen LogP contribution in [-0.2, 0) is 6.54 Å². The van der Waals surface area contributed by atoms with Gasteiger partial charge < -0.3 is 5.73 Å². The number of nitrogens with zero attached hydrogens (tertiary/aromatic N) is 2. The molecule has 2 rings (SSSR count). The van der Waals surface area contributed by atoms with E-state index in [9.17, 15) is 0 Å². The van der Waals surface area contributed by atoms with E-state index in [-0.39, 0.29) is 0 Å². The molecule has 15 heavy (non-hydrogen) atoms. The van der Waals surface area contributed by atoms with Gasteiger partial charge in [0.2, 0.25) is 0 Å². The second-order valence-corrected chi connectivity index (χ2v) is 4.68. The first-order valence-electron chi connectivity index (χ1n) is 4.19. The Morgan fingerprint density at radius 2 is 1.87 bits per heavy atom. The van der Waals surface area contributed by atoms with Crippen molar-refractivity contribution in [3.63, 3.8) is 0 Å². The number of benzene rings is 1. The molecule has 0 bridgehead atoms. The zero-order valence-electron chi connectivity index (χ0n) is 7.58. The summed E-state index contributed by atoms with van der Waals surface area (Å²) in [6.45, 7) is 0.375. The quantitative estimate of drug-likeness (QED) is 0.903. The SMILES string of the molecule is NCc1nnc(-c2c(Cl)cccc2Cl)s1. The van der Waals surface area contributed by atoms with Gasteiger partial charge >= 0.3 is 0 Å². The first-order chi connectivity index (χ1) is 7.22. The molecule has 0 fully saturated rings. The average molecular weight is 260 g/mol. The molecule has 78 valence electrons. The van der Waals surface area contributed by atoms with Crippen LogP contribution >= 0.6 is 34.5 Å². The molecule has 0 saturated carbocycles. The van der Waals surface area contributed by atoms with E-state index < -0.39 is 0 Å². The van der Waals surface area contributed by atoms with Crippen LogP contribution in [0.4, 0.5) is 0 Å². The minimum absolute atomic E-state index is 0.375. The van der Waals surface area contributed by atoms with Crippen LogP contribution in [0.2, 0.25) is 10.0 Å². The lowest BCUT2D eigenvalue weighted by Crippen LogP contribution is -1.94. The van der Waals surface area contributed by atoms with Crippen LogP contribution in [-0.4, -0.2) is 10.2 Å². The number of rotatable bonds is 2. The lowest BCUT2D eigenvalue weighted by Gasteiger charge is -2.01. The van der Waals surface area contributed by atoms with Gasteiger partial charge in [-0.1, -0.05) is 40.6 Å². The molecule has 6 heteroatoms. The standard InChI is InChI=1S/C9H7Cl2N3S/c10-5-2-1-3-6(11)8(5)9-14-13-7(4-12)15-9/h1-3H,4,12H2. The molecule has 1 aromatic heterocycles. The average Bonchev–Trinajstić information content (AvgIpc) is 2.66. The summed E-state index contributed by atoms with van der Waals surface area (Å²) in [7, 11) is 0. The maximum Gasteiger partial charge on any atom is 0.150 e. The Labute approximate surface area is 101 Å². The van der Waals surface area contributed by atoms with Gasteiger partial charge in [-0.3, -0.25) is 0 Å². The van der Waals surface area contributed by atoms with E-state index in [1.807, 2.05) is 0 Å². The van der Waals surface area contributed by atoms with E-state index in [0.717, 1.165) is 10.6 Å². The number of nitrogens with two attached hydrogens (primary N) is 1. The number of aromatic nitrogens is 2. The molecular weight excluding hydrogens is 253 g/mol. The van der Waals surface area contributed by atoms with E-state index in [0.29, 0.717) is 21.6 Å². The van der Waals surface area contributed by atoms with E-state index >= 15 is 0 Å². The van der Waals surface area contributed by atoms with Crippen molar-refractivity contribution in [3.05, 3.63) is 33.3 Å². The van der Waals surface area contributed by atoms with Gasteiger partial charge in [-0.25, -0.2) is 0 Å². The first-order valence-corrected chi connectivity index (χ1v) is 5.76. The third kappa shape index (κ3) is 2.13. The molecule has 0 unspecified atom stereocenters. The number of hydrogen-bond donors (Lipinski definition) is 1. The maximum absolute atomic E-state index is 6.04. The molecule has 2 N–H and O–H groups in total. The first kappa shape index (κ1) is 10.8. The Morgan fingerprint density at radius 1 is 1.20 bits per heavy atom. The van der Waals surface area contributed by atoms with Gasteiger partial charge in [-0.2, -0.15) is 0 Å². The zero-order valence-corrected chi connectivity index (χ0v) is 9.90. The smallest absolute Gasteiger partial charge is 0.150 e. The van der Waals surface area contributed by atoms with E-state index in [2.05, 4.69) is 10.2 Å². The van der Waals surface area contributed by atoms with Gasteiger partial charge in [0.25, 0.3) is 0 Å². The second-order valence-electron chi connectivity index (χ2n) is 2.80. The van der Waals surface area contributed by atoms with Crippen molar-refractivity contribution in [3.8, 4) is 10.6 Å². The third-order valence-corrected chi connectivity index (χ3v) is 3.41. The van der Waals surface area contributed by atoms with Crippen molar-refractivity contribution >= 4 is 34.5 Å². The predicted molar refractivity (Wildman–Crippen MR) is 63.3 cm³/mol. The summed E-state index contributed by atoms with van der Waals surface area (Å²) >= 11 is 13.5. The lowest BCUT2D eigenvalue weighted by atomic mass is 10.2. The summed E-state index contributed by atoms with van der Waals surface area (Å²) in [5.74, 6) is 0. The van der Waals surface area contributed by atoms with Crippen LogP contribution in [0.15, 0.2) is 18.2 Å². The van der Waals surface area contributed by atoms with Crippen molar-refractivity contribution < 1.29 is 0 Å². The minimum atomic E-state index is 0.375. The largest absolute Gasteiger partial charge is 0.324 e. The highest BCUT2D eigenvalue weighted by Gasteiger charge is 2.12. The Hall–Kier alpha value is -0.680. The van der Waals surface area contributed by atoms with E-state index in [4.69, 9.17) is 28.9 Å². The molecular formula is C9H7Cl2N3S. The molecule has 0 aliphatic heterocycles. The Kier molecular flexibility index (Phi) is 3.21. The molecule has 1 aromatic carbocycles. The summed E-state index contributed by atoms with van der Waals surface area (Å²) in [6.07, 6.45) is 0. The van der Waals surface area contributed by atoms with Gasteiger partial charge in [-0.15, -0.1) is 10.2 Å². The van der Waals surface area contributed by atoms with Crippen LogP contribution in [0.25, 0.3) is 10.6 Å². The minimum Gasteiger partial charge on any atom is -0.324 e. The second kappa shape index (κ2) is 4.45. The normalized spacial score (nSPS) is 10.6. The Bertz CT molecular complexity index is 464. The van der Waals surface area contributed by atoms with Gasteiger partial charge in [0.05, 0.1) is 10.0 Å². The molecule has 0 atom stereocenters. The van der Waals surface area contributed by atoms with Crippen molar-refractivity contribution in [2.24, 2.45) is 5.73 Å². The fourth-order valence-corrected chi connectivity index (χ4v) is 2.62. The van der Waals surface area contributed by atoms with Crippen LogP contribution in [0, 0.1) is 0 Å². The van der Waals surface area contributed by atoms with Gasteiger partial charge in [-0.05, 0) is 12.1 Å². The molecule has 2 aromatic rings. The molecule has 0 aliphatic carbocycles. The number of hydrogen-bond acceptors (Lipinski definition) is 4. The molecule has 0 saturated heterocycles. The van der Waals surface area contributed by atoms with Gasteiger partial charge in [0, 0.05) is 12.1 Å². The fourth-order valence-electron chi connectivity index (χ4n) is 1.14. The monoisotopic (exact) mass is 259 g/mol. The van der Waals surface area contributed by atoms with Crippen molar-refractivity contribution in [2.45, 2.75) is 6.54 Å². The molecule has 0 amide bonds. The summed E-state index contributed by atoms with van der Waals surface area (Å²) in [4.78, 5) is 0. The number of halogens is 2. The predicted octanol–water partition coefficient (Wildman–Crippen LogP) is 2.97. The summed E-state index contributed by atoms with van der Waals surface area (Å²) in [5, 5.41) is 10.5. The molecule has 3 nitrogen and oxygen atoms in total. The Balaban J connectivity index is 2.53. The van der Waals surface area contributed by atoms with Gasteiger partial charge in [0.1, 0.15) is 5.01 Å². The summed E-state index contributed by atoms with van der Waals surface area (Å²) in [5.41, 5.74) is 6.18. The topological polar surface area (TPSA) is 51.8 Å². The summed E-state index contributed by atoms with van der Waals surface area (Å²) < 4.78 is 0. The van der Waals surface area contributed by atoms with Crippen LogP contribution in [0.1, 0.15) is 5.01 Å². The third-order valence-electron chi connectivity index (χ3n) is 1.82. The fraction of sp³-hybridized carbons (Fsp3) is 0.111. The lowest BCUT2D eigenvalue weighted by molar-refractivity contribution is 0.960. The Morgan fingerprint density at radius 3 is 2.40 bits per heavy atom. The van der Waals surface area contributed by atoms with Crippen molar-refractivity contribution in [2.75, 3.05) is 0 Å². The molecule has 0 aliphatic rings. The highest BCUT2D eigenvalue weighted by atomic mass is 35.5. The van der Waals surface area contributed by atoms with Crippen molar-refractivity contribution in [1.29, 1.82) is 0 Å². The zero-order chi connectivity index (χ0) is 10.8. The van der Waals surface area contributed by atoms with E-state index in [1.54, 1.807) is 18.2 Å². The van der Waals surface area contributed by atoms with Crippen LogP contribution < -0.4 is 5.73 Å². The highest BCUT2D eigenvalue weighted by Crippen LogP contribution is 2.35.